The summed E-state index contributed by atoms with van der Waals surface area (Å²) in [6, 6.07) is 0. The Morgan fingerprint density at radius 1 is 1.27 bits per heavy atom. The first-order valence-electron chi connectivity index (χ1n) is 2.96. The number of hydrogen-bond acceptors (Lipinski definition) is 4. The predicted octanol–water partition coefficient (Wildman–Crippen LogP) is 0.834. The van der Waals surface area contributed by atoms with Crippen LogP contribution in [0.5, 0.6) is 0 Å². The van der Waals surface area contributed by atoms with Gasteiger partial charge in [-0.2, -0.15) is 0 Å². The van der Waals surface area contributed by atoms with Crippen LogP contribution < -0.4 is 0 Å². The molecule has 0 aromatic carbocycles. The molecule has 0 N–H and O–H groups in total. The second-order valence-electron chi connectivity index (χ2n) is 1.80. The van der Waals surface area contributed by atoms with Gasteiger partial charge < -0.3 is 9.47 Å². The third kappa shape index (κ3) is 5.84. The number of halogens is 1. The lowest BCUT2D eigenvalue weighted by atomic mass is 10.7. The number of carbonyl (C=O) groups excluding carboxylic acids is 2. The predicted molar refractivity (Wildman–Crippen MR) is 41.1 cm³/mol. The highest BCUT2D eigenvalue weighted by molar-refractivity contribution is 9.09. The Kier molecular flexibility index (Phi) is 4.85. The Morgan fingerprint density at radius 2 is 1.64 bits per heavy atom. The average molecular weight is 225 g/mol. The van der Waals surface area contributed by atoms with E-state index in [9.17, 15) is 9.59 Å². The molecular weight excluding hydrogens is 216 g/mol. The Hall–Kier alpha value is -0.580. The van der Waals surface area contributed by atoms with Gasteiger partial charge >= 0.3 is 11.9 Å². The first-order chi connectivity index (χ1) is 5.06. The molecule has 0 bridgehead atoms. The first kappa shape index (κ1) is 10.4. The van der Waals surface area contributed by atoms with Crippen molar-refractivity contribution in [2.24, 2.45) is 0 Å². The lowest BCUT2D eigenvalue weighted by Gasteiger charge is -2.12. The van der Waals surface area contributed by atoms with E-state index in [2.05, 4.69) is 25.4 Å². The molecule has 64 valence electrons. The maximum atomic E-state index is 10.4. The van der Waals surface area contributed by atoms with E-state index in [0.29, 0.717) is 0 Å². The van der Waals surface area contributed by atoms with Gasteiger partial charge in [0.1, 0.15) is 0 Å². The zero-order chi connectivity index (χ0) is 8.85. The van der Waals surface area contributed by atoms with Crippen LogP contribution in [0.15, 0.2) is 0 Å². The van der Waals surface area contributed by atoms with Crippen LogP contribution in [-0.2, 0) is 19.1 Å². The molecule has 0 amide bonds. The summed E-state index contributed by atoms with van der Waals surface area (Å²) >= 11 is 3.02. The molecule has 0 aliphatic heterocycles. The molecule has 0 aliphatic carbocycles. The van der Waals surface area contributed by atoms with E-state index in [-0.39, 0.29) is 5.33 Å². The van der Waals surface area contributed by atoms with E-state index < -0.39 is 18.2 Å². The van der Waals surface area contributed by atoms with E-state index in [1.807, 2.05) is 0 Å². The minimum atomic E-state index is -0.815. The van der Waals surface area contributed by atoms with Crippen molar-refractivity contribution < 1.29 is 19.1 Å². The quantitative estimate of drug-likeness (QED) is 0.405. The first-order valence-corrected chi connectivity index (χ1v) is 4.08. The monoisotopic (exact) mass is 224 g/mol. The maximum Gasteiger partial charge on any atom is 0.305 e. The highest BCUT2D eigenvalue weighted by atomic mass is 79.9. The van der Waals surface area contributed by atoms with Crippen LogP contribution in [0.2, 0.25) is 0 Å². The molecule has 4 nitrogen and oxygen atoms in total. The SMILES string of the molecule is CC(=O)OC(CBr)OC(C)=O. The van der Waals surface area contributed by atoms with Gasteiger partial charge in [-0.3, -0.25) is 9.59 Å². The number of alkyl halides is 1. The highest BCUT2D eigenvalue weighted by Gasteiger charge is 2.12. The topological polar surface area (TPSA) is 52.6 Å². The molecular formula is C6H9BrO4. The number of carbonyl (C=O) groups is 2. The molecule has 5 heteroatoms. The van der Waals surface area contributed by atoms with Crippen molar-refractivity contribution in [3.63, 3.8) is 0 Å². The Balaban J connectivity index is 3.76. The molecule has 0 spiro atoms. The molecule has 0 aliphatic rings. The summed E-state index contributed by atoms with van der Waals surface area (Å²) in [6.07, 6.45) is -0.815. The molecule has 0 saturated heterocycles. The van der Waals surface area contributed by atoms with Gasteiger partial charge in [0.15, 0.2) is 0 Å². The normalized spacial score (nSPS) is 9.45. The molecule has 0 unspecified atom stereocenters. The summed E-state index contributed by atoms with van der Waals surface area (Å²) in [5.74, 6) is -0.952. The third-order valence-electron chi connectivity index (χ3n) is 0.721. The van der Waals surface area contributed by atoms with Crippen LogP contribution in [0.25, 0.3) is 0 Å². The van der Waals surface area contributed by atoms with Crippen LogP contribution in [-0.4, -0.2) is 23.6 Å². The van der Waals surface area contributed by atoms with Gasteiger partial charge in [0, 0.05) is 13.8 Å². The molecule has 0 fully saturated rings. The number of hydrogen-bond donors (Lipinski definition) is 0. The maximum absolute atomic E-state index is 10.4. The van der Waals surface area contributed by atoms with Gasteiger partial charge in [0.05, 0.1) is 5.33 Å². The number of esters is 2. The standard InChI is InChI=1S/C6H9BrO4/c1-4(8)10-6(3-7)11-5(2)9/h6H,3H2,1-2H3. The zero-order valence-electron chi connectivity index (χ0n) is 6.30. The molecule has 0 rings (SSSR count). The fourth-order valence-electron chi connectivity index (χ4n) is 0.457. The smallest absolute Gasteiger partial charge is 0.305 e. The minimum absolute atomic E-state index is 0.284. The molecule has 0 aromatic rings. The third-order valence-corrected chi connectivity index (χ3v) is 1.25. The lowest BCUT2D eigenvalue weighted by molar-refractivity contribution is -0.180. The average Bonchev–Trinajstić information content (AvgIpc) is 1.84. The fraction of sp³-hybridized carbons (Fsp3) is 0.667. The number of rotatable bonds is 3. The molecule has 11 heavy (non-hydrogen) atoms. The highest BCUT2D eigenvalue weighted by Crippen LogP contribution is 2.00. The van der Waals surface area contributed by atoms with Gasteiger partial charge in [0.2, 0.25) is 0 Å². The van der Waals surface area contributed by atoms with E-state index in [4.69, 9.17) is 0 Å². The summed E-state index contributed by atoms with van der Waals surface area (Å²) in [7, 11) is 0. The van der Waals surface area contributed by atoms with Crippen molar-refractivity contribution in [3.05, 3.63) is 0 Å². The van der Waals surface area contributed by atoms with Gasteiger partial charge in [0.25, 0.3) is 6.29 Å². The summed E-state index contributed by atoms with van der Waals surface area (Å²) in [6.45, 7) is 2.50. The summed E-state index contributed by atoms with van der Waals surface area (Å²) < 4.78 is 9.16. The van der Waals surface area contributed by atoms with E-state index in [0.717, 1.165) is 0 Å². The Bertz CT molecular complexity index is 141. The molecule has 0 aromatic heterocycles. The Morgan fingerprint density at radius 3 is 1.82 bits per heavy atom. The summed E-state index contributed by atoms with van der Waals surface area (Å²) in [5.41, 5.74) is 0. The van der Waals surface area contributed by atoms with Crippen molar-refractivity contribution in [2.45, 2.75) is 20.1 Å². The van der Waals surface area contributed by atoms with Crippen LogP contribution in [0.3, 0.4) is 0 Å². The van der Waals surface area contributed by atoms with Crippen molar-refractivity contribution in [1.82, 2.24) is 0 Å². The Labute approximate surface area is 73.0 Å². The summed E-state index contributed by atoms with van der Waals surface area (Å²) in [5, 5.41) is 0.284. The largest absolute Gasteiger partial charge is 0.424 e. The van der Waals surface area contributed by atoms with Gasteiger partial charge in [-0.1, -0.05) is 15.9 Å². The fourth-order valence-corrected chi connectivity index (χ4v) is 0.722. The van der Waals surface area contributed by atoms with Gasteiger partial charge in [-0.25, -0.2) is 0 Å². The van der Waals surface area contributed by atoms with Crippen molar-refractivity contribution in [2.75, 3.05) is 5.33 Å². The van der Waals surface area contributed by atoms with Gasteiger partial charge in [-0.05, 0) is 0 Å². The molecule has 0 saturated carbocycles. The van der Waals surface area contributed by atoms with E-state index >= 15 is 0 Å². The van der Waals surface area contributed by atoms with Crippen molar-refractivity contribution in [3.8, 4) is 0 Å². The molecule has 0 atom stereocenters. The minimum Gasteiger partial charge on any atom is -0.424 e. The van der Waals surface area contributed by atoms with Crippen LogP contribution >= 0.6 is 15.9 Å². The molecule has 0 radical (unpaired) electrons. The van der Waals surface area contributed by atoms with Crippen LogP contribution in [0.1, 0.15) is 13.8 Å². The van der Waals surface area contributed by atoms with E-state index in [1.165, 1.54) is 13.8 Å². The van der Waals surface area contributed by atoms with Gasteiger partial charge in [-0.15, -0.1) is 0 Å². The van der Waals surface area contributed by atoms with E-state index in [1.54, 1.807) is 0 Å². The van der Waals surface area contributed by atoms with Crippen LogP contribution in [0.4, 0.5) is 0 Å². The number of ether oxygens (including phenoxy) is 2. The van der Waals surface area contributed by atoms with Crippen LogP contribution in [0, 0.1) is 0 Å². The second kappa shape index (κ2) is 5.12. The summed E-state index contributed by atoms with van der Waals surface area (Å²) in [4.78, 5) is 20.7. The van der Waals surface area contributed by atoms with Crippen molar-refractivity contribution >= 4 is 27.9 Å². The van der Waals surface area contributed by atoms with Crippen molar-refractivity contribution in [1.29, 1.82) is 0 Å². The lowest BCUT2D eigenvalue weighted by Crippen LogP contribution is -2.23. The molecule has 0 heterocycles. The zero-order valence-corrected chi connectivity index (χ0v) is 7.88. The second-order valence-corrected chi connectivity index (χ2v) is 2.45.